The third-order valence-electron chi connectivity index (χ3n) is 4.36. The second kappa shape index (κ2) is 8.90. The smallest absolute Gasteiger partial charge is 0.336 e. The molecule has 29 heavy (non-hydrogen) atoms. The van der Waals surface area contributed by atoms with Gasteiger partial charge in [-0.25, -0.2) is 13.2 Å². The molecule has 0 spiro atoms. The lowest BCUT2D eigenvalue weighted by molar-refractivity contribution is -0.150. The molecule has 2 aromatic rings. The normalized spacial score (nSPS) is 13.4. The Balaban J connectivity index is 2.74. The van der Waals surface area contributed by atoms with Gasteiger partial charge in [-0.3, -0.25) is 4.79 Å². The van der Waals surface area contributed by atoms with E-state index < -0.39 is 27.3 Å². The van der Waals surface area contributed by atoms with E-state index >= 15 is 0 Å². The Kier molecular flexibility index (Phi) is 7.00. The molecule has 2 aromatic carbocycles. The van der Waals surface area contributed by atoms with Gasteiger partial charge < -0.3 is 4.74 Å². The third-order valence-corrected chi connectivity index (χ3v) is 6.07. The molecule has 0 aliphatic heterocycles. The Morgan fingerprint density at radius 3 is 2.14 bits per heavy atom. The van der Waals surface area contributed by atoms with Gasteiger partial charge in [-0.05, 0) is 50.6 Å². The lowest BCUT2D eigenvalue weighted by Crippen LogP contribution is -2.55. The van der Waals surface area contributed by atoms with Crippen molar-refractivity contribution in [2.24, 2.45) is 0 Å². The minimum atomic E-state index is -4.23. The lowest BCUT2D eigenvalue weighted by atomic mass is 9.82. The number of hydrogen-bond donors (Lipinski definition) is 1. The van der Waals surface area contributed by atoms with Crippen molar-refractivity contribution in [2.75, 3.05) is 6.61 Å². The van der Waals surface area contributed by atoms with Crippen molar-refractivity contribution in [3.8, 4) is 0 Å². The Bertz CT molecular complexity index is 1030. The molecule has 0 aliphatic rings. The van der Waals surface area contributed by atoms with Gasteiger partial charge in [-0.15, -0.1) is 0 Å². The zero-order valence-electron chi connectivity index (χ0n) is 16.4. The van der Waals surface area contributed by atoms with Crippen molar-refractivity contribution in [3.05, 3.63) is 76.8 Å². The fourth-order valence-electron chi connectivity index (χ4n) is 2.76. The van der Waals surface area contributed by atoms with Crippen molar-refractivity contribution < 1.29 is 22.7 Å². The van der Waals surface area contributed by atoms with Gasteiger partial charge in [0.15, 0.2) is 11.3 Å². The highest BCUT2D eigenvalue weighted by Gasteiger charge is 2.49. The third kappa shape index (κ3) is 4.75. The molecule has 6 nitrogen and oxygen atoms in total. The first-order valence-corrected chi connectivity index (χ1v) is 10.6. The Labute approximate surface area is 175 Å². The number of Topliss-reactive ketones (excluding diaryl/α,β-unsaturated/α-hetero) is 1. The van der Waals surface area contributed by atoms with Gasteiger partial charge in [0.2, 0.25) is 10.0 Å². The Hall–Kier alpha value is -2.48. The molecule has 1 N–H and O–H groups in total. The van der Waals surface area contributed by atoms with E-state index in [-0.39, 0.29) is 22.6 Å². The monoisotopic (exact) mass is 435 g/mol. The van der Waals surface area contributed by atoms with Crippen LogP contribution in [0.1, 0.15) is 25.0 Å². The summed E-state index contributed by atoms with van der Waals surface area (Å²) >= 11 is 5.94. The van der Waals surface area contributed by atoms with E-state index in [4.69, 9.17) is 16.3 Å². The molecule has 0 bridgehead atoms. The van der Waals surface area contributed by atoms with Crippen molar-refractivity contribution in [2.45, 2.75) is 31.2 Å². The second-order valence-corrected chi connectivity index (χ2v) is 8.55. The first-order valence-electron chi connectivity index (χ1n) is 8.79. The van der Waals surface area contributed by atoms with E-state index in [0.29, 0.717) is 5.02 Å². The highest BCUT2D eigenvalue weighted by molar-refractivity contribution is 7.89. The van der Waals surface area contributed by atoms with Gasteiger partial charge in [0.25, 0.3) is 0 Å². The molecule has 154 valence electrons. The molecule has 8 heteroatoms. The lowest BCUT2D eigenvalue weighted by Gasteiger charge is -2.33. The number of hydrogen-bond acceptors (Lipinski definition) is 5. The first-order chi connectivity index (χ1) is 13.5. The van der Waals surface area contributed by atoms with Crippen LogP contribution in [-0.4, -0.2) is 26.8 Å². The van der Waals surface area contributed by atoms with Crippen LogP contribution < -0.4 is 4.72 Å². The molecule has 0 unspecified atom stereocenters. The SMILES string of the molecule is C=C(C(C)=O)[C@@](NS(=O)(=O)c1ccc(C)cc1)(C(=O)OCC)c1ccc(Cl)cc1. The molecule has 0 radical (unpaired) electrons. The minimum Gasteiger partial charge on any atom is -0.464 e. The van der Waals surface area contributed by atoms with Crippen molar-refractivity contribution in [3.63, 3.8) is 0 Å². The van der Waals surface area contributed by atoms with Crippen molar-refractivity contribution in [1.82, 2.24) is 4.72 Å². The first kappa shape index (κ1) is 22.8. The summed E-state index contributed by atoms with van der Waals surface area (Å²) in [6, 6.07) is 11.9. The van der Waals surface area contributed by atoms with Crippen molar-refractivity contribution >= 4 is 33.4 Å². The maximum absolute atomic E-state index is 13.1. The maximum atomic E-state index is 13.1. The zero-order chi connectivity index (χ0) is 21.8. The Morgan fingerprint density at radius 1 is 1.10 bits per heavy atom. The molecule has 2 rings (SSSR count). The molecule has 1 atom stereocenters. The average Bonchev–Trinajstić information content (AvgIpc) is 2.66. The van der Waals surface area contributed by atoms with Crippen molar-refractivity contribution in [1.29, 1.82) is 0 Å². The van der Waals surface area contributed by atoms with Crippen LogP contribution in [-0.2, 0) is 29.9 Å². The highest BCUT2D eigenvalue weighted by Crippen LogP contribution is 2.34. The molecule has 0 fully saturated rings. The number of aryl methyl sites for hydroxylation is 1. The molecule has 0 aromatic heterocycles. The standard InChI is InChI=1S/C21H22ClNO5S/c1-5-28-20(25)21(15(3)16(4)24,17-8-10-18(22)11-9-17)23-29(26,27)19-12-6-14(2)7-13-19/h6-13,23H,3,5H2,1-2,4H3/t21-/m0/s1. The predicted octanol–water partition coefficient (Wildman–Crippen LogP) is 3.53. The fraction of sp³-hybridized carbons (Fsp3) is 0.238. The average molecular weight is 436 g/mol. The predicted molar refractivity (Wildman–Crippen MR) is 111 cm³/mol. The van der Waals surface area contributed by atoms with Gasteiger partial charge in [0, 0.05) is 10.6 Å². The number of halogens is 1. The van der Waals surface area contributed by atoms with Crippen LogP contribution >= 0.6 is 11.6 Å². The largest absolute Gasteiger partial charge is 0.464 e. The number of sulfonamides is 1. The summed E-state index contributed by atoms with van der Waals surface area (Å²) in [5, 5.41) is 0.376. The van der Waals surface area contributed by atoms with Crippen LogP contribution in [0.2, 0.25) is 5.02 Å². The number of carbonyl (C=O) groups excluding carboxylic acids is 2. The van der Waals surface area contributed by atoms with Gasteiger partial charge in [0.1, 0.15) is 0 Å². The van der Waals surface area contributed by atoms with E-state index in [1.807, 2.05) is 6.92 Å². The van der Waals surface area contributed by atoms with Crippen LogP contribution in [0.4, 0.5) is 0 Å². The zero-order valence-corrected chi connectivity index (χ0v) is 17.9. The number of nitrogens with one attached hydrogen (secondary N) is 1. The number of rotatable bonds is 8. The molecule has 0 aliphatic carbocycles. The van der Waals surface area contributed by atoms with E-state index in [2.05, 4.69) is 11.3 Å². The molecule has 0 amide bonds. The molecule has 0 heterocycles. The number of benzene rings is 2. The summed E-state index contributed by atoms with van der Waals surface area (Å²) in [4.78, 5) is 25.2. The maximum Gasteiger partial charge on any atom is 0.336 e. The van der Waals surface area contributed by atoms with Gasteiger partial charge in [-0.2, -0.15) is 4.72 Å². The van der Waals surface area contributed by atoms with Crippen LogP contribution in [0.5, 0.6) is 0 Å². The summed E-state index contributed by atoms with van der Waals surface area (Å²) in [5.41, 5.74) is -1.38. The van der Waals surface area contributed by atoms with Gasteiger partial charge in [0.05, 0.1) is 11.5 Å². The summed E-state index contributed by atoms with van der Waals surface area (Å²) < 4.78 is 33.8. The summed E-state index contributed by atoms with van der Waals surface area (Å²) in [7, 11) is -4.23. The van der Waals surface area contributed by atoms with Gasteiger partial charge in [-0.1, -0.05) is 48.0 Å². The van der Waals surface area contributed by atoms with E-state index in [1.54, 1.807) is 19.1 Å². The van der Waals surface area contributed by atoms with Crippen LogP contribution in [0, 0.1) is 6.92 Å². The number of carbonyl (C=O) groups is 2. The number of ether oxygens (including phenoxy) is 1. The second-order valence-electron chi connectivity index (χ2n) is 6.43. The molecular weight excluding hydrogens is 414 g/mol. The number of esters is 1. The van der Waals surface area contributed by atoms with Gasteiger partial charge >= 0.3 is 5.97 Å². The minimum absolute atomic E-state index is 0.0222. The van der Waals surface area contributed by atoms with E-state index in [9.17, 15) is 18.0 Å². The van der Waals surface area contributed by atoms with Crippen LogP contribution in [0.25, 0.3) is 0 Å². The van der Waals surface area contributed by atoms with E-state index in [1.165, 1.54) is 43.3 Å². The molecule has 0 saturated carbocycles. The molecular formula is C21H22ClNO5S. The Morgan fingerprint density at radius 2 is 1.66 bits per heavy atom. The summed E-state index contributed by atoms with van der Waals surface area (Å²) in [6.45, 7) is 8.29. The summed E-state index contributed by atoms with van der Waals surface area (Å²) in [6.07, 6.45) is 0. The highest BCUT2D eigenvalue weighted by atomic mass is 35.5. The summed E-state index contributed by atoms with van der Waals surface area (Å²) in [5.74, 6) is -1.53. The quantitative estimate of drug-likeness (QED) is 0.506. The van der Waals surface area contributed by atoms with Crippen LogP contribution in [0.3, 0.4) is 0 Å². The van der Waals surface area contributed by atoms with Crippen LogP contribution in [0.15, 0.2) is 65.6 Å². The number of ketones is 1. The topological polar surface area (TPSA) is 89.5 Å². The fourth-order valence-corrected chi connectivity index (χ4v) is 4.22. The van der Waals surface area contributed by atoms with E-state index in [0.717, 1.165) is 5.56 Å². The molecule has 0 saturated heterocycles.